The molecule has 1 fully saturated rings. The lowest BCUT2D eigenvalue weighted by Gasteiger charge is -2.25. The third-order valence-electron chi connectivity index (χ3n) is 6.42. The molecule has 1 N–H and O–H groups in total. The zero-order valence-corrected chi connectivity index (χ0v) is 19.0. The standard InChI is InChI=1S/C26H26N4O4/c1-32-26(31)30-8-4-17(5-9-30)20-13-22-23(16-29-25(22)28-15-20)18-2-3-24(19(12-18)14-27)34-21-6-10-33-11-7-21/h2-4,12-13,15-16,21H,5-11H2,1H3,(H,28,29). The Morgan fingerprint density at radius 3 is 2.85 bits per heavy atom. The number of fused-ring (bicyclic) bond motifs is 1. The number of nitriles is 1. The predicted molar refractivity (Wildman–Crippen MR) is 127 cm³/mol. The maximum atomic E-state index is 11.8. The number of carbonyl (C=O) groups is 1. The van der Waals surface area contributed by atoms with Crippen LogP contribution < -0.4 is 4.74 Å². The van der Waals surface area contributed by atoms with Crippen molar-refractivity contribution in [1.29, 1.82) is 5.26 Å². The fourth-order valence-electron chi connectivity index (χ4n) is 4.51. The van der Waals surface area contributed by atoms with E-state index in [0.717, 1.165) is 52.6 Å². The first-order valence-electron chi connectivity index (χ1n) is 11.4. The van der Waals surface area contributed by atoms with Crippen molar-refractivity contribution in [2.45, 2.75) is 25.4 Å². The van der Waals surface area contributed by atoms with Gasteiger partial charge in [-0.05, 0) is 41.3 Å². The van der Waals surface area contributed by atoms with E-state index in [-0.39, 0.29) is 12.2 Å². The van der Waals surface area contributed by atoms with Crippen LogP contribution in [0.15, 0.2) is 42.7 Å². The van der Waals surface area contributed by atoms with Crippen LogP contribution in [-0.2, 0) is 9.47 Å². The minimum absolute atomic E-state index is 0.0745. The molecule has 0 aliphatic carbocycles. The Kier molecular flexibility index (Phi) is 6.19. The number of methoxy groups -OCH3 is 1. The van der Waals surface area contributed by atoms with Crippen molar-refractivity contribution in [2.24, 2.45) is 0 Å². The van der Waals surface area contributed by atoms with Gasteiger partial charge in [0.15, 0.2) is 0 Å². The third-order valence-corrected chi connectivity index (χ3v) is 6.42. The molecule has 2 aliphatic rings. The number of nitrogens with zero attached hydrogens (tertiary/aromatic N) is 3. The minimum Gasteiger partial charge on any atom is -0.489 e. The van der Waals surface area contributed by atoms with Crippen molar-refractivity contribution in [2.75, 3.05) is 33.4 Å². The van der Waals surface area contributed by atoms with Crippen LogP contribution in [-0.4, -0.2) is 60.5 Å². The number of nitrogens with one attached hydrogen (secondary N) is 1. The number of ether oxygens (including phenoxy) is 3. The fourth-order valence-corrected chi connectivity index (χ4v) is 4.51. The van der Waals surface area contributed by atoms with Gasteiger partial charge in [0.25, 0.3) is 0 Å². The summed E-state index contributed by atoms with van der Waals surface area (Å²) < 4.78 is 16.3. The van der Waals surface area contributed by atoms with E-state index in [0.29, 0.717) is 37.6 Å². The van der Waals surface area contributed by atoms with Gasteiger partial charge in [0.05, 0.1) is 25.9 Å². The van der Waals surface area contributed by atoms with Gasteiger partial charge in [-0.15, -0.1) is 0 Å². The molecule has 1 saturated heterocycles. The van der Waals surface area contributed by atoms with Crippen LogP contribution >= 0.6 is 0 Å². The number of benzene rings is 1. The fraction of sp³-hybridized carbons (Fsp3) is 0.346. The van der Waals surface area contributed by atoms with Crippen molar-refractivity contribution in [3.05, 3.63) is 53.9 Å². The Morgan fingerprint density at radius 1 is 1.26 bits per heavy atom. The Morgan fingerprint density at radius 2 is 2.12 bits per heavy atom. The number of hydrogen-bond acceptors (Lipinski definition) is 6. The molecule has 2 aromatic heterocycles. The first-order valence-corrected chi connectivity index (χ1v) is 11.4. The second-order valence-electron chi connectivity index (χ2n) is 8.47. The molecule has 174 valence electrons. The molecule has 2 aliphatic heterocycles. The van der Waals surface area contributed by atoms with E-state index >= 15 is 0 Å². The number of aromatic nitrogens is 2. The maximum absolute atomic E-state index is 11.8. The highest BCUT2D eigenvalue weighted by Gasteiger charge is 2.20. The quantitative estimate of drug-likeness (QED) is 0.617. The van der Waals surface area contributed by atoms with Crippen LogP contribution in [0.25, 0.3) is 27.7 Å². The molecule has 1 amide bonds. The molecule has 0 spiro atoms. The number of hydrogen-bond donors (Lipinski definition) is 1. The summed E-state index contributed by atoms with van der Waals surface area (Å²) in [5, 5.41) is 10.7. The van der Waals surface area contributed by atoms with E-state index in [1.807, 2.05) is 36.7 Å². The van der Waals surface area contributed by atoms with Gasteiger partial charge in [-0.1, -0.05) is 12.1 Å². The SMILES string of the molecule is COC(=O)N1CC=C(c2cnc3[nH]cc(-c4ccc(OC5CCOCC5)c(C#N)c4)c3c2)CC1. The molecule has 34 heavy (non-hydrogen) atoms. The van der Waals surface area contributed by atoms with E-state index in [1.54, 1.807) is 4.90 Å². The van der Waals surface area contributed by atoms with Crippen LogP contribution in [0, 0.1) is 11.3 Å². The van der Waals surface area contributed by atoms with Gasteiger partial charge >= 0.3 is 6.09 Å². The van der Waals surface area contributed by atoms with Gasteiger partial charge < -0.3 is 24.1 Å². The number of pyridine rings is 1. The molecular weight excluding hydrogens is 432 g/mol. The second kappa shape index (κ2) is 9.57. The van der Waals surface area contributed by atoms with E-state index in [2.05, 4.69) is 22.1 Å². The van der Waals surface area contributed by atoms with Gasteiger partial charge in [-0.2, -0.15) is 5.26 Å². The Hall–Kier alpha value is -3.83. The Balaban J connectivity index is 1.42. The number of carbonyl (C=O) groups excluding carboxylic acids is 1. The summed E-state index contributed by atoms with van der Waals surface area (Å²) in [6.45, 7) is 2.50. The highest BCUT2D eigenvalue weighted by molar-refractivity contribution is 5.95. The normalized spacial score (nSPS) is 16.7. The highest BCUT2D eigenvalue weighted by Crippen LogP contribution is 2.34. The summed E-state index contributed by atoms with van der Waals surface area (Å²) in [6.07, 6.45) is 7.98. The molecule has 0 unspecified atom stereocenters. The number of amides is 1. The molecule has 0 saturated carbocycles. The molecule has 5 rings (SSSR count). The minimum atomic E-state index is -0.311. The van der Waals surface area contributed by atoms with Gasteiger partial charge in [0.2, 0.25) is 0 Å². The molecule has 0 radical (unpaired) electrons. The number of H-pyrrole nitrogens is 1. The van der Waals surface area contributed by atoms with Crippen LogP contribution in [0.1, 0.15) is 30.4 Å². The van der Waals surface area contributed by atoms with Crippen LogP contribution in [0.2, 0.25) is 0 Å². The lowest BCUT2D eigenvalue weighted by molar-refractivity contribution is 0.0254. The van der Waals surface area contributed by atoms with Gasteiger partial charge in [0, 0.05) is 49.3 Å². The molecule has 1 aromatic carbocycles. The first-order chi connectivity index (χ1) is 16.7. The van der Waals surface area contributed by atoms with Crippen molar-refractivity contribution >= 4 is 22.7 Å². The van der Waals surface area contributed by atoms with Gasteiger partial charge in [-0.3, -0.25) is 0 Å². The smallest absolute Gasteiger partial charge is 0.409 e. The lowest BCUT2D eigenvalue weighted by Crippen LogP contribution is -2.34. The van der Waals surface area contributed by atoms with Crippen LogP contribution in [0.4, 0.5) is 4.79 Å². The average Bonchev–Trinajstić information content (AvgIpc) is 3.32. The molecule has 0 bridgehead atoms. The topological polar surface area (TPSA) is 100 Å². The van der Waals surface area contributed by atoms with Crippen molar-refractivity contribution < 1.29 is 19.0 Å². The zero-order chi connectivity index (χ0) is 23.5. The van der Waals surface area contributed by atoms with Crippen LogP contribution in [0.3, 0.4) is 0 Å². The molecule has 4 heterocycles. The Labute approximate surface area is 197 Å². The van der Waals surface area contributed by atoms with Crippen molar-refractivity contribution in [3.63, 3.8) is 0 Å². The molecular formula is C26H26N4O4. The van der Waals surface area contributed by atoms with Crippen molar-refractivity contribution in [1.82, 2.24) is 14.9 Å². The van der Waals surface area contributed by atoms with E-state index < -0.39 is 0 Å². The van der Waals surface area contributed by atoms with E-state index in [9.17, 15) is 10.1 Å². The number of aromatic amines is 1. The molecule has 0 atom stereocenters. The van der Waals surface area contributed by atoms with Gasteiger partial charge in [0.1, 0.15) is 23.6 Å². The van der Waals surface area contributed by atoms with Crippen molar-refractivity contribution in [3.8, 4) is 22.9 Å². The largest absolute Gasteiger partial charge is 0.489 e. The highest BCUT2D eigenvalue weighted by atomic mass is 16.5. The van der Waals surface area contributed by atoms with E-state index in [1.165, 1.54) is 7.11 Å². The molecule has 8 heteroatoms. The summed E-state index contributed by atoms with van der Waals surface area (Å²) in [6, 6.07) is 10.1. The summed E-state index contributed by atoms with van der Waals surface area (Å²) in [5.74, 6) is 0.610. The lowest BCUT2D eigenvalue weighted by atomic mass is 9.98. The molecule has 8 nitrogen and oxygen atoms in total. The summed E-state index contributed by atoms with van der Waals surface area (Å²) >= 11 is 0. The second-order valence-corrected chi connectivity index (χ2v) is 8.47. The zero-order valence-electron chi connectivity index (χ0n) is 19.0. The molecule has 3 aromatic rings. The van der Waals surface area contributed by atoms with Crippen LogP contribution in [0.5, 0.6) is 5.75 Å². The van der Waals surface area contributed by atoms with E-state index in [4.69, 9.17) is 14.2 Å². The average molecular weight is 459 g/mol. The van der Waals surface area contributed by atoms with Gasteiger partial charge in [-0.25, -0.2) is 9.78 Å². The predicted octanol–water partition coefficient (Wildman–Crippen LogP) is 4.51. The number of rotatable bonds is 4. The monoisotopic (exact) mass is 458 g/mol. The summed E-state index contributed by atoms with van der Waals surface area (Å²) in [5.41, 5.74) is 5.38. The summed E-state index contributed by atoms with van der Waals surface area (Å²) in [7, 11) is 1.40. The third kappa shape index (κ3) is 4.35. The summed E-state index contributed by atoms with van der Waals surface area (Å²) in [4.78, 5) is 21.3. The maximum Gasteiger partial charge on any atom is 0.409 e. The Bertz CT molecular complexity index is 1280. The first kappa shape index (κ1) is 22.0.